The van der Waals surface area contributed by atoms with Gasteiger partial charge in [-0.3, -0.25) is 9.69 Å². The summed E-state index contributed by atoms with van der Waals surface area (Å²) in [6, 6.07) is 3.37. The highest BCUT2D eigenvalue weighted by Crippen LogP contribution is 2.17. The minimum atomic E-state index is 0.0296. The third kappa shape index (κ3) is 3.61. The van der Waals surface area contributed by atoms with E-state index in [2.05, 4.69) is 22.1 Å². The van der Waals surface area contributed by atoms with Crippen molar-refractivity contribution in [2.75, 3.05) is 45.1 Å². The van der Waals surface area contributed by atoms with Crippen molar-refractivity contribution < 1.29 is 4.79 Å². The number of carbonyl (C=O) groups is 1. The molecule has 0 aromatic carbocycles. The molecule has 0 atom stereocenters. The molecule has 6 heteroatoms. The molecule has 2 heterocycles. The van der Waals surface area contributed by atoms with Crippen LogP contribution in [0.5, 0.6) is 0 Å². The summed E-state index contributed by atoms with van der Waals surface area (Å²) in [4.78, 5) is 20.8. The first kappa shape index (κ1) is 15.1. The molecule has 0 saturated carbocycles. The molecule has 1 saturated heterocycles. The minimum Gasteiger partial charge on any atom is -0.373 e. The van der Waals surface area contributed by atoms with E-state index in [1.54, 1.807) is 19.2 Å². The van der Waals surface area contributed by atoms with Crippen molar-refractivity contribution in [2.24, 2.45) is 0 Å². The normalized spacial score (nSPS) is 16.2. The standard InChI is InChI=1S/C14H21ClN4O/c1-3-4-18-5-7-19(8-6-18)14(20)11-9-12(15)17-13(10-11)16-2/h9-10H,3-8H2,1-2H3,(H,16,17). The van der Waals surface area contributed by atoms with Gasteiger partial charge < -0.3 is 10.2 Å². The van der Waals surface area contributed by atoms with Crippen molar-refractivity contribution in [3.05, 3.63) is 22.8 Å². The Hall–Kier alpha value is -1.33. The summed E-state index contributed by atoms with van der Waals surface area (Å²) in [7, 11) is 1.76. The van der Waals surface area contributed by atoms with Crippen LogP contribution in [0.15, 0.2) is 12.1 Å². The lowest BCUT2D eigenvalue weighted by Gasteiger charge is -2.34. The third-order valence-corrected chi connectivity index (χ3v) is 3.69. The van der Waals surface area contributed by atoms with E-state index in [9.17, 15) is 4.79 Å². The van der Waals surface area contributed by atoms with Gasteiger partial charge in [0, 0.05) is 38.8 Å². The van der Waals surface area contributed by atoms with E-state index in [0.717, 1.165) is 39.1 Å². The first-order valence-electron chi connectivity index (χ1n) is 7.01. The van der Waals surface area contributed by atoms with E-state index in [1.165, 1.54) is 0 Å². The van der Waals surface area contributed by atoms with Gasteiger partial charge in [0.15, 0.2) is 0 Å². The van der Waals surface area contributed by atoms with Crippen LogP contribution in [0.25, 0.3) is 0 Å². The molecular weight excluding hydrogens is 276 g/mol. The average molecular weight is 297 g/mol. The third-order valence-electron chi connectivity index (χ3n) is 3.50. The fourth-order valence-corrected chi connectivity index (χ4v) is 2.63. The first-order valence-corrected chi connectivity index (χ1v) is 7.38. The molecule has 1 fully saturated rings. The van der Waals surface area contributed by atoms with Gasteiger partial charge in [0.1, 0.15) is 11.0 Å². The summed E-state index contributed by atoms with van der Waals surface area (Å²) >= 11 is 5.95. The second-order valence-electron chi connectivity index (χ2n) is 4.95. The number of piperazine rings is 1. The van der Waals surface area contributed by atoms with Crippen LogP contribution < -0.4 is 5.32 Å². The van der Waals surface area contributed by atoms with Gasteiger partial charge in [-0.05, 0) is 25.1 Å². The average Bonchev–Trinajstić information content (AvgIpc) is 2.47. The van der Waals surface area contributed by atoms with Gasteiger partial charge in [0.2, 0.25) is 0 Å². The van der Waals surface area contributed by atoms with Crippen molar-refractivity contribution in [3.63, 3.8) is 0 Å². The fourth-order valence-electron chi connectivity index (χ4n) is 2.42. The fraction of sp³-hybridized carbons (Fsp3) is 0.571. The van der Waals surface area contributed by atoms with Crippen LogP contribution in [0.4, 0.5) is 5.82 Å². The number of nitrogens with zero attached hydrogens (tertiary/aromatic N) is 3. The Balaban J connectivity index is 2.03. The number of pyridine rings is 1. The van der Waals surface area contributed by atoms with Crippen molar-refractivity contribution in [1.29, 1.82) is 0 Å². The zero-order valence-corrected chi connectivity index (χ0v) is 12.8. The van der Waals surface area contributed by atoms with Gasteiger partial charge in [-0.25, -0.2) is 4.98 Å². The summed E-state index contributed by atoms with van der Waals surface area (Å²) in [5.74, 6) is 0.646. The Kier molecular flexibility index (Phi) is 5.20. The predicted molar refractivity (Wildman–Crippen MR) is 81.4 cm³/mol. The molecule has 1 aliphatic rings. The number of nitrogens with one attached hydrogen (secondary N) is 1. The zero-order chi connectivity index (χ0) is 14.5. The molecule has 0 aliphatic carbocycles. The molecule has 1 aromatic rings. The quantitative estimate of drug-likeness (QED) is 0.863. The van der Waals surface area contributed by atoms with Crippen LogP contribution in [0.2, 0.25) is 5.15 Å². The molecule has 0 radical (unpaired) electrons. The summed E-state index contributed by atoms with van der Waals surface area (Å²) in [5.41, 5.74) is 0.596. The summed E-state index contributed by atoms with van der Waals surface area (Å²) < 4.78 is 0. The lowest BCUT2D eigenvalue weighted by Crippen LogP contribution is -2.48. The number of aromatic nitrogens is 1. The number of halogens is 1. The van der Waals surface area contributed by atoms with Crippen molar-refractivity contribution in [3.8, 4) is 0 Å². The molecule has 0 spiro atoms. The molecule has 110 valence electrons. The molecule has 0 bridgehead atoms. The predicted octanol–water partition coefficient (Wildman–Crippen LogP) is 1.94. The maximum Gasteiger partial charge on any atom is 0.254 e. The highest BCUT2D eigenvalue weighted by molar-refractivity contribution is 6.29. The van der Waals surface area contributed by atoms with Crippen LogP contribution in [-0.4, -0.2) is 60.5 Å². The summed E-state index contributed by atoms with van der Waals surface area (Å²) in [6.45, 7) is 6.71. The Morgan fingerprint density at radius 1 is 1.35 bits per heavy atom. The van der Waals surface area contributed by atoms with E-state index < -0.39 is 0 Å². The maximum absolute atomic E-state index is 12.5. The van der Waals surface area contributed by atoms with E-state index in [4.69, 9.17) is 11.6 Å². The summed E-state index contributed by atoms with van der Waals surface area (Å²) in [5, 5.41) is 3.25. The van der Waals surface area contributed by atoms with Crippen LogP contribution >= 0.6 is 11.6 Å². The molecule has 1 aliphatic heterocycles. The molecule has 5 nitrogen and oxygen atoms in total. The smallest absolute Gasteiger partial charge is 0.254 e. The Bertz CT molecular complexity index is 472. The van der Waals surface area contributed by atoms with Crippen molar-refractivity contribution >= 4 is 23.3 Å². The van der Waals surface area contributed by atoms with Crippen molar-refractivity contribution in [2.45, 2.75) is 13.3 Å². The number of carbonyl (C=O) groups excluding carboxylic acids is 1. The number of amides is 1. The first-order chi connectivity index (χ1) is 9.63. The molecular formula is C14H21ClN4O. The molecule has 1 amide bonds. The van der Waals surface area contributed by atoms with E-state index in [0.29, 0.717) is 16.5 Å². The van der Waals surface area contributed by atoms with E-state index in [1.807, 2.05) is 4.90 Å². The molecule has 20 heavy (non-hydrogen) atoms. The lowest BCUT2D eigenvalue weighted by atomic mass is 10.2. The van der Waals surface area contributed by atoms with Gasteiger partial charge in [-0.1, -0.05) is 18.5 Å². The molecule has 2 rings (SSSR count). The second-order valence-corrected chi connectivity index (χ2v) is 5.33. The zero-order valence-electron chi connectivity index (χ0n) is 12.0. The Labute approximate surface area is 124 Å². The SMILES string of the molecule is CCCN1CCN(C(=O)c2cc(Cl)nc(NC)c2)CC1. The number of hydrogen-bond acceptors (Lipinski definition) is 4. The number of rotatable bonds is 4. The topological polar surface area (TPSA) is 48.5 Å². The maximum atomic E-state index is 12.5. The van der Waals surface area contributed by atoms with Crippen LogP contribution in [0, 0.1) is 0 Å². The van der Waals surface area contributed by atoms with Crippen LogP contribution in [0.3, 0.4) is 0 Å². The number of anilines is 1. The minimum absolute atomic E-state index is 0.0296. The van der Waals surface area contributed by atoms with Crippen LogP contribution in [-0.2, 0) is 0 Å². The van der Waals surface area contributed by atoms with E-state index >= 15 is 0 Å². The lowest BCUT2D eigenvalue weighted by molar-refractivity contribution is 0.0637. The van der Waals surface area contributed by atoms with Crippen LogP contribution in [0.1, 0.15) is 23.7 Å². The number of hydrogen-bond donors (Lipinski definition) is 1. The highest BCUT2D eigenvalue weighted by atomic mass is 35.5. The molecule has 0 unspecified atom stereocenters. The Morgan fingerprint density at radius 3 is 2.65 bits per heavy atom. The van der Waals surface area contributed by atoms with Gasteiger partial charge in [0.25, 0.3) is 5.91 Å². The monoisotopic (exact) mass is 296 g/mol. The van der Waals surface area contributed by atoms with Gasteiger partial charge in [-0.2, -0.15) is 0 Å². The van der Waals surface area contributed by atoms with Crippen molar-refractivity contribution in [1.82, 2.24) is 14.8 Å². The van der Waals surface area contributed by atoms with Gasteiger partial charge in [0.05, 0.1) is 0 Å². The highest BCUT2D eigenvalue weighted by Gasteiger charge is 2.22. The van der Waals surface area contributed by atoms with E-state index in [-0.39, 0.29) is 5.91 Å². The largest absolute Gasteiger partial charge is 0.373 e. The Morgan fingerprint density at radius 2 is 2.05 bits per heavy atom. The molecule has 1 aromatic heterocycles. The van der Waals surface area contributed by atoms with Gasteiger partial charge >= 0.3 is 0 Å². The summed E-state index contributed by atoms with van der Waals surface area (Å²) in [6.07, 6.45) is 1.15. The van der Waals surface area contributed by atoms with Gasteiger partial charge in [-0.15, -0.1) is 0 Å². The second kappa shape index (κ2) is 6.90. The molecule has 1 N–H and O–H groups in total.